The molecule has 0 aromatic heterocycles. The molecular formula is C14H21N3O3. The summed E-state index contributed by atoms with van der Waals surface area (Å²) in [5.41, 5.74) is 1.05. The number of nitrogens with zero attached hydrogens (tertiary/aromatic N) is 1. The molecule has 2 N–H and O–H groups in total. The molecule has 1 aromatic rings. The minimum atomic E-state index is -0.491. The first kappa shape index (κ1) is 16.1. The summed E-state index contributed by atoms with van der Waals surface area (Å²) in [5, 5.41) is 16.7. The van der Waals surface area contributed by atoms with Gasteiger partial charge in [0.05, 0.1) is 4.92 Å². The van der Waals surface area contributed by atoms with Crippen molar-refractivity contribution < 1.29 is 9.72 Å². The van der Waals surface area contributed by atoms with Crippen LogP contribution in [0, 0.1) is 17.0 Å². The Hall–Kier alpha value is -1.95. The molecular weight excluding hydrogens is 258 g/mol. The van der Waals surface area contributed by atoms with E-state index in [9.17, 15) is 14.9 Å². The van der Waals surface area contributed by atoms with Gasteiger partial charge in [0.1, 0.15) is 5.69 Å². The lowest BCUT2D eigenvalue weighted by atomic mass is 10.2. The molecule has 6 nitrogen and oxygen atoms in total. The Kier molecular flexibility index (Phi) is 6.11. The minimum absolute atomic E-state index is 0.0794. The van der Waals surface area contributed by atoms with Crippen LogP contribution in [-0.2, 0) is 4.79 Å². The number of hydrogen-bond donors (Lipinski definition) is 2. The van der Waals surface area contributed by atoms with Crippen molar-refractivity contribution in [1.29, 1.82) is 0 Å². The fourth-order valence-electron chi connectivity index (χ4n) is 1.76. The van der Waals surface area contributed by atoms with Crippen LogP contribution in [-0.4, -0.2) is 23.4 Å². The first-order valence-electron chi connectivity index (χ1n) is 6.68. The Morgan fingerprint density at radius 2 is 2.10 bits per heavy atom. The molecule has 0 bridgehead atoms. The lowest BCUT2D eigenvalue weighted by molar-refractivity contribution is -0.383. The largest absolute Gasteiger partial charge is 0.320 e. The van der Waals surface area contributed by atoms with Gasteiger partial charge in [-0.2, -0.15) is 0 Å². The Labute approximate surface area is 118 Å². The highest BCUT2D eigenvalue weighted by atomic mass is 16.6. The standard InChI is InChI=1S/C14H21N3O3/c1-10(2)15-8-4-5-14(18)16-12-9-11(3)6-7-13(12)17(19)20/h6-7,9-10,15H,4-5,8H2,1-3H3,(H,16,18). The summed E-state index contributed by atoms with van der Waals surface area (Å²) in [5.74, 6) is -0.204. The van der Waals surface area contributed by atoms with Crippen LogP contribution in [0.25, 0.3) is 0 Å². The number of nitrogens with one attached hydrogen (secondary N) is 2. The van der Waals surface area contributed by atoms with Gasteiger partial charge in [-0.05, 0) is 31.5 Å². The van der Waals surface area contributed by atoms with E-state index >= 15 is 0 Å². The zero-order valence-corrected chi connectivity index (χ0v) is 12.1. The van der Waals surface area contributed by atoms with Gasteiger partial charge in [-0.15, -0.1) is 0 Å². The summed E-state index contributed by atoms with van der Waals surface area (Å²) in [6.07, 6.45) is 1.04. The highest BCUT2D eigenvalue weighted by Crippen LogP contribution is 2.25. The molecule has 0 aliphatic heterocycles. The zero-order valence-electron chi connectivity index (χ0n) is 12.1. The van der Waals surface area contributed by atoms with Crippen molar-refractivity contribution in [2.75, 3.05) is 11.9 Å². The predicted octanol–water partition coefficient (Wildman–Crippen LogP) is 2.62. The van der Waals surface area contributed by atoms with E-state index in [0.29, 0.717) is 18.9 Å². The average molecular weight is 279 g/mol. The van der Waals surface area contributed by atoms with Crippen LogP contribution in [0.2, 0.25) is 0 Å². The monoisotopic (exact) mass is 279 g/mol. The molecule has 0 aliphatic rings. The maximum absolute atomic E-state index is 11.8. The first-order chi connectivity index (χ1) is 9.40. The molecule has 0 spiro atoms. The average Bonchev–Trinajstić information content (AvgIpc) is 2.34. The third kappa shape index (κ3) is 5.36. The fraction of sp³-hybridized carbons (Fsp3) is 0.500. The van der Waals surface area contributed by atoms with Crippen molar-refractivity contribution in [2.24, 2.45) is 0 Å². The van der Waals surface area contributed by atoms with Gasteiger partial charge in [0.25, 0.3) is 5.69 Å². The summed E-state index contributed by atoms with van der Waals surface area (Å²) >= 11 is 0. The zero-order chi connectivity index (χ0) is 15.1. The number of hydrogen-bond acceptors (Lipinski definition) is 4. The van der Waals surface area contributed by atoms with Crippen molar-refractivity contribution in [1.82, 2.24) is 5.32 Å². The van der Waals surface area contributed by atoms with Crippen molar-refractivity contribution >= 4 is 17.3 Å². The number of nitro groups is 1. The van der Waals surface area contributed by atoms with Crippen LogP contribution in [0.15, 0.2) is 18.2 Å². The van der Waals surface area contributed by atoms with Gasteiger partial charge in [0, 0.05) is 18.5 Å². The van der Waals surface area contributed by atoms with E-state index in [2.05, 4.69) is 10.6 Å². The SMILES string of the molecule is Cc1ccc([N+](=O)[O-])c(NC(=O)CCCNC(C)C)c1. The van der Waals surface area contributed by atoms with Crippen LogP contribution in [0.4, 0.5) is 11.4 Å². The maximum atomic E-state index is 11.8. The smallest absolute Gasteiger partial charge is 0.292 e. The molecule has 0 aliphatic carbocycles. The Bertz CT molecular complexity index is 487. The van der Waals surface area contributed by atoms with Crippen molar-refractivity contribution in [2.45, 2.75) is 39.7 Å². The predicted molar refractivity (Wildman–Crippen MR) is 78.8 cm³/mol. The van der Waals surface area contributed by atoms with E-state index in [1.54, 1.807) is 12.1 Å². The molecule has 0 saturated carbocycles. The van der Waals surface area contributed by atoms with Crippen LogP contribution in [0.5, 0.6) is 0 Å². The van der Waals surface area contributed by atoms with E-state index in [-0.39, 0.29) is 17.3 Å². The number of amides is 1. The second-order valence-electron chi connectivity index (χ2n) is 5.04. The quantitative estimate of drug-likeness (QED) is 0.456. The van der Waals surface area contributed by atoms with Crippen LogP contribution < -0.4 is 10.6 Å². The molecule has 0 atom stereocenters. The van der Waals surface area contributed by atoms with Gasteiger partial charge in [0.2, 0.25) is 5.91 Å². The lowest BCUT2D eigenvalue weighted by Crippen LogP contribution is -2.24. The maximum Gasteiger partial charge on any atom is 0.292 e. The lowest BCUT2D eigenvalue weighted by Gasteiger charge is -2.09. The van der Waals surface area contributed by atoms with E-state index in [1.807, 2.05) is 20.8 Å². The number of aryl methyl sites for hydroxylation is 1. The number of rotatable bonds is 7. The van der Waals surface area contributed by atoms with E-state index in [0.717, 1.165) is 12.1 Å². The molecule has 110 valence electrons. The fourth-order valence-corrected chi connectivity index (χ4v) is 1.76. The number of anilines is 1. The van der Waals surface area contributed by atoms with Crippen molar-refractivity contribution in [3.05, 3.63) is 33.9 Å². The topological polar surface area (TPSA) is 84.3 Å². The molecule has 20 heavy (non-hydrogen) atoms. The molecule has 6 heteroatoms. The molecule has 1 amide bonds. The number of carbonyl (C=O) groups is 1. The summed E-state index contributed by atoms with van der Waals surface area (Å²) in [4.78, 5) is 22.2. The second kappa shape index (κ2) is 7.59. The number of nitro benzene ring substituents is 1. The third-order valence-electron chi connectivity index (χ3n) is 2.76. The summed E-state index contributed by atoms with van der Waals surface area (Å²) in [6.45, 7) is 6.65. The van der Waals surface area contributed by atoms with Gasteiger partial charge in [-0.3, -0.25) is 14.9 Å². The van der Waals surface area contributed by atoms with Gasteiger partial charge in [0.15, 0.2) is 0 Å². The van der Waals surface area contributed by atoms with Gasteiger partial charge in [-0.1, -0.05) is 19.9 Å². The number of benzene rings is 1. The molecule has 0 heterocycles. The van der Waals surface area contributed by atoms with Crippen LogP contribution in [0.1, 0.15) is 32.3 Å². The Morgan fingerprint density at radius 1 is 1.40 bits per heavy atom. The number of carbonyl (C=O) groups excluding carboxylic acids is 1. The molecule has 1 rings (SSSR count). The summed E-state index contributed by atoms with van der Waals surface area (Å²) < 4.78 is 0. The van der Waals surface area contributed by atoms with Gasteiger partial charge in [-0.25, -0.2) is 0 Å². The summed E-state index contributed by atoms with van der Waals surface area (Å²) in [6, 6.07) is 5.06. The second-order valence-corrected chi connectivity index (χ2v) is 5.04. The van der Waals surface area contributed by atoms with Crippen molar-refractivity contribution in [3.8, 4) is 0 Å². The molecule has 0 unspecified atom stereocenters. The van der Waals surface area contributed by atoms with E-state index < -0.39 is 4.92 Å². The van der Waals surface area contributed by atoms with Gasteiger partial charge < -0.3 is 10.6 Å². The molecule has 0 radical (unpaired) electrons. The minimum Gasteiger partial charge on any atom is -0.320 e. The Balaban J connectivity index is 2.57. The summed E-state index contributed by atoms with van der Waals surface area (Å²) in [7, 11) is 0. The normalized spacial score (nSPS) is 10.6. The van der Waals surface area contributed by atoms with Gasteiger partial charge >= 0.3 is 0 Å². The van der Waals surface area contributed by atoms with E-state index in [4.69, 9.17) is 0 Å². The van der Waals surface area contributed by atoms with Crippen molar-refractivity contribution in [3.63, 3.8) is 0 Å². The molecule has 1 aromatic carbocycles. The highest BCUT2D eigenvalue weighted by molar-refractivity contribution is 5.93. The van der Waals surface area contributed by atoms with Crippen LogP contribution >= 0.6 is 0 Å². The first-order valence-corrected chi connectivity index (χ1v) is 6.68. The van der Waals surface area contributed by atoms with Crippen LogP contribution in [0.3, 0.4) is 0 Å². The third-order valence-corrected chi connectivity index (χ3v) is 2.76. The molecule has 0 fully saturated rings. The molecule has 0 saturated heterocycles. The highest BCUT2D eigenvalue weighted by Gasteiger charge is 2.15. The Morgan fingerprint density at radius 3 is 2.70 bits per heavy atom. The van der Waals surface area contributed by atoms with E-state index in [1.165, 1.54) is 6.07 Å².